The summed E-state index contributed by atoms with van der Waals surface area (Å²) in [5.74, 6) is -3.25. The van der Waals surface area contributed by atoms with E-state index in [1.54, 1.807) is 0 Å². The van der Waals surface area contributed by atoms with Crippen LogP contribution < -0.4 is 22.1 Å². The Morgan fingerprint density at radius 3 is 2.33 bits per heavy atom. The highest BCUT2D eigenvalue weighted by Crippen LogP contribution is 2.20. The standard InChI is InChI=1S/C25H37N5O6/c1-15(2)13-19(25(35)36)29-23(33)20-9-6-12-30(20)24(34)18(14-16-7-4-3-5-8-16)28-22(32)17(26)10-11-21(27)31/h3-5,7-8,15,17-20H,6,9-14,26H2,1-2H3,(H2,27,31)(H,28,32)(H,29,33)(H,35,36). The predicted molar refractivity (Wildman–Crippen MR) is 132 cm³/mol. The zero-order chi connectivity index (χ0) is 26.8. The van der Waals surface area contributed by atoms with Gasteiger partial charge in [0.2, 0.25) is 23.6 Å². The molecule has 1 heterocycles. The summed E-state index contributed by atoms with van der Waals surface area (Å²) >= 11 is 0. The molecule has 11 heteroatoms. The van der Waals surface area contributed by atoms with Crippen LogP contribution in [0.4, 0.5) is 0 Å². The number of likely N-dealkylation sites (tertiary alicyclic amines) is 1. The van der Waals surface area contributed by atoms with Crippen LogP contribution in [0.3, 0.4) is 0 Å². The third-order valence-electron chi connectivity index (χ3n) is 6.10. The van der Waals surface area contributed by atoms with Gasteiger partial charge in [-0.1, -0.05) is 44.2 Å². The Morgan fingerprint density at radius 1 is 1.08 bits per heavy atom. The molecule has 1 fully saturated rings. The zero-order valence-corrected chi connectivity index (χ0v) is 20.8. The molecule has 1 aromatic rings. The number of nitrogens with two attached hydrogens (primary N) is 2. The van der Waals surface area contributed by atoms with Gasteiger partial charge in [0.05, 0.1) is 6.04 Å². The minimum absolute atomic E-state index is 0.0363. The number of primary amides is 1. The van der Waals surface area contributed by atoms with Gasteiger partial charge in [-0.05, 0) is 37.2 Å². The highest BCUT2D eigenvalue weighted by molar-refractivity contribution is 5.94. The normalized spacial score (nSPS) is 17.8. The Bertz CT molecular complexity index is 938. The van der Waals surface area contributed by atoms with Crippen LogP contribution in [-0.2, 0) is 30.4 Å². The number of benzene rings is 1. The van der Waals surface area contributed by atoms with Crippen molar-refractivity contribution in [3.05, 3.63) is 35.9 Å². The lowest BCUT2D eigenvalue weighted by atomic mass is 10.0. The van der Waals surface area contributed by atoms with Crippen LogP contribution in [0.2, 0.25) is 0 Å². The third kappa shape index (κ3) is 8.63. The second-order valence-corrected chi connectivity index (χ2v) is 9.58. The molecule has 1 aliphatic rings. The fourth-order valence-electron chi connectivity index (χ4n) is 4.22. The first kappa shape index (κ1) is 28.8. The van der Waals surface area contributed by atoms with Gasteiger partial charge in [-0.25, -0.2) is 4.79 Å². The van der Waals surface area contributed by atoms with E-state index in [4.69, 9.17) is 11.5 Å². The van der Waals surface area contributed by atoms with E-state index in [0.29, 0.717) is 19.4 Å². The summed E-state index contributed by atoms with van der Waals surface area (Å²) in [7, 11) is 0. The lowest BCUT2D eigenvalue weighted by molar-refractivity contribution is -0.145. The Hall–Kier alpha value is -3.47. The highest BCUT2D eigenvalue weighted by atomic mass is 16.4. The number of aliphatic carboxylic acids is 1. The summed E-state index contributed by atoms with van der Waals surface area (Å²) in [6.45, 7) is 4.02. The molecule has 4 atom stereocenters. The van der Waals surface area contributed by atoms with Crippen molar-refractivity contribution in [1.29, 1.82) is 0 Å². The van der Waals surface area contributed by atoms with E-state index in [0.717, 1.165) is 5.56 Å². The molecule has 0 spiro atoms. The Morgan fingerprint density at radius 2 is 1.75 bits per heavy atom. The summed E-state index contributed by atoms with van der Waals surface area (Å²) in [5, 5.41) is 14.7. The van der Waals surface area contributed by atoms with Gasteiger partial charge in [-0.3, -0.25) is 19.2 Å². The summed E-state index contributed by atoms with van der Waals surface area (Å²) in [5.41, 5.74) is 11.8. The van der Waals surface area contributed by atoms with Crippen molar-refractivity contribution in [1.82, 2.24) is 15.5 Å². The molecule has 1 aliphatic heterocycles. The number of carbonyl (C=O) groups is 5. The second-order valence-electron chi connectivity index (χ2n) is 9.58. The molecule has 0 saturated carbocycles. The summed E-state index contributed by atoms with van der Waals surface area (Å²) in [6, 6.07) is 5.15. The average molecular weight is 504 g/mol. The molecule has 0 radical (unpaired) electrons. The maximum Gasteiger partial charge on any atom is 0.326 e. The molecule has 198 valence electrons. The molecule has 0 aromatic heterocycles. The Balaban J connectivity index is 2.19. The van der Waals surface area contributed by atoms with Gasteiger partial charge in [-0.2, -0.15) is 0 Å². The van der Waals surface area contributed by atoms with E-state index in [1.807, 2.05) is 44.2 Å². The molecule has 1 saturated heterocycles. The van der Waals surface area contributed by atoms with Crippen LogP contribution in [0.1, 0.15) is 51.5 Å². The topological polar surface area (TPSA) is 185 Å². The van der Waals surface area contributed by atoms with Crippen molar-refractivity contribution in [3.8, 4) is 0 Å². The van der Waals surface area contributed by atoms with Crippen LogP contribution in [0.25, 0.3) is 0 Å². The van der Waals surface area contributed by atoms with E-state index >= 15 is 0 Å². The smallest absolute Gasteiger partial charge is 0.326 e. The SMILES string of the molecule is CC(C)CC(NC(=O)C1CCCN1C(=O)C(Cc1ccccc1)NC(=O)C(N)CCC(N)=O)C(=O)O. The van der Waals surface area contributed by atoms with E-state index in [1.165, 1.54) is 4.90 Å². The Labute approximate surface area is 211 Å². The zero-order valence-electron chi connectivity index (χ0n) is 20.8. The minimum atomic E-state index is -1.13. The molecule has 4 amide bonds. The molecular weight excluding hydrogens is 466 g/mol. The molecule has 4 unspecified atom stereocenters. The number of nitrogens with one attached hydrogen (secondary N) is 2. The van der Waals surface area contributed by atoms with Crippen LogP contribution in [-0.4, -0.2) is 70.3 Å². The number of rotatable bonds is 13. The van der Waals surface area contributed by atoms with Gasteiger partial charge in [0, 0.05) is 19.4 Å². The minimum Gasteiger partial charge on any atom is -0.480 e. The van der Waals surface area contributed by atoms with Crippen LogP contribution in [0.5, 0.6) is 0 Å². The van der Waals surface area contributed by atoms with Crippen molar-refractivity contribution < 1.29 is 29.1 Å². The first-order chi connectivity index (χ1) is 17.0. The van der Waals surface area contributed by atoms with Crippen molar-refractivity contribution in [2.24, 2.45) is 17.4 Å². The van der Waals surface area contributed by atoms with Crippen LogP contribution in [0.15, 0.2) is 30.3 Å². The molecule has 36 heavy (non-hydrogen) atoms. The largest absolute Gasteiger partial charge is 0.480 e. The number of hydrogen-bond donors (Lipinski definition) is 5. The molecule has 0 aliphatic carbocycles. The third-order valence-corrected chi connectivity index (χ3v) is 6.10. The maximum atomic E-state index is 13.6. The lowest BCUT2D eigenvalue weighted by Gasteiger charge is -2.30. The summed E-state index contributed by atoms with van der Waals surface area (Å²) in [6.07, 6.45) is 1.35. The summed E-state index contributed by atoms with van der Waals surface area (Å²) < 4.78 is 0. The molecule has 11 nitrogen and oxygen atoms in total. The van der Waals surface area contributed by atoms with E-state index in [2.05, 4.69) is 10.6 Å². The van der Waals surface area contributed by atoms with E-state index in [9.17, 15) is 29.1 Å². The van der Waals surface area contributed by atoms with E-state index < -0.39 is 53.8 Å². The fraction of sp³-hybridized carbons (Fsp3) is 0.560. The highest BCUT2D eigenvalue weighted by Gasteiger charge is 2.39. The van der Waals surface area contributed by atoms with Crippen molar-refractivity contribution >= 4 is 29.6 Å². The van der Waals surface area contributed by atoms with Gasteiger partial charge >= 0.3 is 5.97 Å². The number of carboxylic acid groups (broad SMARTS) is 1. The summed E-state index contributed by atoms with van der Waals surface area (Å²) in [4.78, 5) is 63.3. The van der Waals surface area contributed by atoms with Crippen LogP contribution in [0, 0.1) is 5.92 Å². The monoisotopic (exact) mass is 503 g/mol. The fourth-order valence-corrected chi connectivity index (χ4v) is 4.22. The first-order valence-corrected chi connectivity index (χ1v) is 12.2. The quantitative estimate of drug-likeness (QED) is 0.249. The number of carboxylic acids is 1. The maximum absolute atomic E-state index is 13.6. The van der Waals surface area contributed by atoms with Crippen molar-refractivity contribution in [2.75, 3.05) is 6.54 Å². The van der Waals surface area contributed by atoms with Crippen molar-refractivity contribution in [3.63, 3.8) is 0 Å². The first-order valence-electron chi connectivity index (χ1n) is 12.2. The second kappa shape index (κ2) is 13.6. The average Bonchev–Trinajstić information content (AvgIpc) is 3.31. The van der Waals surface area contributed by atoms with Gasteiger partial charge in [-0.15, -0.1) is 0 Å². The molecule has 0 bridgehead atoms. The number of nitrogens with zero attached hydrogens (tertiary/aromatic N) is 1. The molecule has 7 N–H and O–H groups in total. The van der Waals surface area contributed by atoms with Gasteiger partial charge in [0.1, 0.15) is 18.1 Å². The Kier molecular flexibility index (Phi) is 10.8. The number of carbonyl (C=O) groups excluding carboxylic acids is 4. The van der Waals surface area contributed by atoms with Crippen LogP contribution >= 0.6 is 0 Å². The van der Waals surface area contributed by atoms with Crippen molar-refractivity contribution in [2.45, 2.75) is 76.5 Å². The van der Waals surface area contributed by atoms with Gasteiger partial charge in [0.25, 0.3) is 0 Å². The molecule has 1 aromatic carbocycles. The predicted octanol–water partition coefficient (Wildman–Crippen LogP) is -0.0868. The lowest BCUT2D eigenvalue weighted by Crippen LogP contribution is -2.57. The molecular formula is C25H37N5O6. The number of amides is 4. The number of hydrogen-bond acceptors (Lipinski definition) is 6. The van der Waals surface area contributed by atoms with Gasteiger partial charge in [0.15, 0.2) is 0 Å². The van der Waals surface area contributed by atoms with Gasteiger partial charge < -0.3 is 32.1 Å². The van der Waals surface area contributed by atoms with E-state index in [-0.39, 0.29) is 31.6 Å². The molecule has 2 rings (SSSR count).